The first-order valence-corrected chi connectivity index (χ1v) is 7.76. The Kier molecular flexibility index (Phi) is 4.28. The van der Waals surface area contributed by atoms with Crippen LogP contribution < -0.4 is 16.4 Å². The first-order valence-electron chi connectivity index (χ1n) is 6.12. The molecule has 0 radical (unpaired) electrons. The van der Waals surface area contributed by atoms with Gasteiger partial charge in [-0.05, 0) is 18.2 Å². The maximum Gasteiger partial charge on any atom is 0.188 e. The number of nitrogens with one attached hydrogen (secondary N) is 2. The van der Waals surface area contributed by atoms with Crippen molar-refractivity contribution in [3.63, 3.8) is 0 Å². The largest absolute Gasteiger partial charge is 0.393 e. The van der Waals surface area contributed by atoms with Gasteiger partial charge in [0, 0.05) is 17.3 Å². The molecule has 0 aliphatic rings. The third kappa shape index (κ3) is 3.22. The monoisotopic (exact) mass is 352 g/mol. The molecule has 0 fully saturated rings. The van der Waals surface area contributed by atoms with Crippen LogP contribution in [0.2, 0.25) is 10.0 Å². The number of thiazole rings is 1. The van der Waals surface area contributed by atoms with E-state index in [9.17, 15) is 0 Å². The summed E-state index contributed by atoms with van der Waals surface area (Å²) in [6.07, 6.45) is 3.10. The van der Waals surface area contributed by atoms with E-state index in [1.54, 1.807) is 24.4 Å². The Balaban J connectivity index is 1.86. The van der Waals surface area contributed by atoms with Crippen LogP contribution in [0, 0.1) is 0 Å². The Hall–Kier alpha value is -2.09. The van der Waals surface area contributed by atoms with Gasteiger partial charge in [0.25, 0.3) is 0 Å². The van der Waals surface area contributed by atoms with E-state index in [0.717, 1.165) is 5.69 Å². The molecule has 4 N–H and O–H groups in total. The highest BCUT2D eigenvalue weighted by molar-refractivity contribution is 7.13. The van der Waals surface area contributed by atoms with Crippen molar-refractivity contribution in [1.29, 1.82) is 0 Å². The normalized spacial score (nSPS) is 10.5. The summed E-state index contributed by atoms with van der Waals surface area (Å²) < 4.78 is 0. The second kappa shape index (κ2) is 6.35. The van der Waals surface area contributed by atoms with E-state index in [-0.39, 0.29) is 0 Å². The molecule has 3 aromatic rings. The Morgan fingerprint density at radius 1 is 1.00 bits per heavy atom. The fourth-order valence-corrected chi connectivity index (χ4v) is 2.52. The van der Waals surface area contributed by atoms with Crippen LogP contribution in [0.25, 0.3) is 0 Å². The summed E-state index contributed by atoms with van der Waals surface area (Å²) in [6.45, 7) is 0. The number of nitrogen functional groups attached to an aromatic ring is 1. The lowest BCUT2D eigenvalue weighted by Crippen LogP contribution is -2.05. The molecule has 0 bridgehead atoms. The Labute approximate surface area is 140 Å². The van der Waals surface area contributed by atoms with E-state index in [1.807, 2.05) is 5.38 Å². The Morgan fingerprint density at radius 3 is 2.45 bits per heavy atom. The summed E-state index contributed by atoms with van der Waals surface area (Å²) in [5.41, 5.74) is 7.18. The second-order valence-electron chi connectivity index (χ2n) is 4.20. The highest BCUT2D eigenvalue weighted by Crippen LogP contribution is 2.31. The molecule has 0 amide bonds. The van der Waals surface area contributed by atoms with Crippen LogP contribution in [0.4, 0.5) is 28.1 Å². The Bertz CT molecular complexity index is 793. The van der Waals surface area contributed by atoms with Gasteiger partial charge >= 0.3 is 0 Å². The molecule has 0 spiro atoms. The van der Waals surface area contributed by atoms with Crippen molar-refractivity contribution in [1.82, 2.24) is 15.0 Å². The lowest BCUT2D eigenvalue weighted by molar-refractivity contribution is 1.17. The molecule has 0 atom stereocenters. The minimum atomic E-state index is 0.378. The predicted molar refractivity (Wildman–Crippen MR) is 91.6 cm³/mol. The molecule has 2 aromatic heterocycles. The van der Waals surface area contributed by atoms with E-state index in [2.05, 4.69) is 25.6 Å². The number of rotatable bonds is 4. The molecule has 2 heterocycles. The standard InChI is InChI=1S/C13H10Cl2N6S/c14-8-2-1-7(5-9(8)15)20-11-10(16)12(19-6-18-11)21-13-17-3-4-22-13/h1-6H,16H2,(H2,17,18,19,20,21). The lowest BCUT2D eigenvalue weighted by atomic mass is 10.3. The zero-order valence-electron chi connectivity index (χ0n) is 11.0. The van der Waals surface area contributed by atoms with Gasteiger partial charge in [-0.3, -0.25) is 0 Å². The quantitative estimate of drug-likeness (QED) is 0.648. The lowest BCUT2D eigenvalue weighted by Gasteiger charge is -2.11. The molecule has 0 aliphatic carbocycles. The van der Waals surface area contributed by atoms with Crippen molar-refractivity contribution in [2.45, 2.75) is 0 Å². The number of hydrogen-bond donors (Lipinski definition) is 3. The highest BCUT2D eigenvalue weighted by atomic mass is 35.5. The van der Waals surface area contributed by atoms with E-state index in [0.29, 0.717) is 32.5 Å². The van der Waals surface area contributed by atoms with Gasteiger partial charge in [0.05, 0.1) is 10.0 Å². The predicted octanol–water partition coefficient (Wildman–Crippen LogP) is 4.31. The average Bonchev–Trinajstić information content (AvgIpc) is 3.00. The van der Waals surface area contributed by atoms with Gasteiger partial charge in [-0.25, -0.2) is 15.0 Å². The molecule has 9 heteroatoms. The smallest absolute Gasteiger partial charge is 0.188 e. The van der Waals surface area contributed by atoms with Crippen molar-refractivity contribution in [3.05, 3.63) is 46.1 Å². The van der Waals surface area contributed by atoms with Crippen LogP contribution >= 0.6 is 34.5 Å². The van der Waals surface area contributed by atoms with Crippen molar-refractivity contribution < 1.29 is 0 Å². The number of benzene rings is 1. The molecule has 1 aromatic carbocycles. The van der Waals surface area contributed by atoms with Gasteiger partial charge in [-0.15, -0.1) is 11.3 Å². The van der Waals surface area contributed by atoms with Crippen LogP contribution in [0.5, 0.6) is 0 Å². The molecule has 3 rings (SSSR count). The van der Waals surface area contributed by atoms with E-state index in [4.69, 9.17) is 28.9 Å². The van der Waals surface area contributed by atoms with Gasteiger partial charge in [0.15, 0.2) is 16.8 Å². The number of hydrogen-bond acceptors (Lipinski definition) is 7. The average molecular weight is 353 g/mol. The third-order valence-corrected chi connectivity index (χ3v) is 4.15. The fourth-order valence-electron chi connectivity index (χ4n) is 1.69. The van der Waals surface area contributed by atoms with Gasteiger partial charge in [0.2, 0.25) is 0 Å². The summed E-state index contributed by atoms with van der Waals surface area (Å²) in [6, 6.07) is 5.17. The third-order valence-electron chi connectivity index (χ3n) is 2.72. The zero-order chi connectivity index (χ0) is 15.5. The molecular weight excluding hydrogens is 343 g/mol. The summed E-state index contributed by atoms with van der Waals surface area (Å²) in [4.78, 5) is 12.4. The summed E-state index contributed by atoms with van der Waals surface area (Å²) in [5, 5.41) is 9.61. The first kappa shape index (κ1) is 14.8. The van der Waals surface area contributed by atoms with E-state index < -0.39 is 0 Å². The summed E-state index contributed by atoms with van der Waals surface area (Å²) in [7, 11) is 0. The van der Waals surface area contributed by atoms with E-state index in [1.165, 1.54) is 17.7 Å². The maximum absolute atomic E-state index is 6.08. The number of halogens is 2. The van der Waals surface area contributed by atoms with Crippen LogP contribution in [0.3, 0.4) is 0 Å². The number of anilines is 5. The SMILES string of the molecule is Nc1c(Nc2ccc(Cl)c(Cl)c2)ncnc1Nc1nccs1. The molecule has 0 aliphatic heterocycles. The number of nitrogens with two attached hydrogens (primary N) is 1. The number of nitrogens with zero attached hydrogens (tertiary/aromatic N) is 3. The molecule has 6 nitrogen and oxygen atoms in total. The van der Waals surface area contributed by atoms with Crippen molar-refractivity contribution in [2.24, 2.45) is 0 Å². The van der Waals surface area contributed by atoms with Crippen molar-refractivity contribution in [2.75, 3.05) is 16.4 Å². The van der Waals surface area contributed by atoms with Gasteiger partial charge in [-0.1, -0.05) is 23.2 Å². The summed E-state index contributed by atoms with van der Waals surface area (Å²) >= 11 is 13.3. The maximum atomic E-state index is 6.08. The molecular formula is C13H10Cl2N6S. The van der Waals surface area contributed by atoms with Crippen LogP contribution in [0.1, 0.15) is 0 Å². The molecule has 0 saturated heterocycles. The minimum Gasteiger partial charge on any atom is -0.393 e. The molecule has 112 valence electrons. The Morgan fingerprint density at radius 2 is 1.77 bits per heavy atom. The minimum absolute atomic E-state index is 0.378. The highest BCUT2D eigenvalue weighted by Gasteiger charge is 2.10. The first-order chi connectivity index (χ1) is 10.6. The fraction of sp³-hybridized carbons (Fsp3) is 0. The van der Waals surface area contributed by atoms with Gasteiger partial charge in [-0.2, -0.15) is 0 Å². The van der Waals surface area contributed by atoms with Crippen LogP contribution in [-0.4, -0.2) is 15.0 Å². The van der Waals surface area contributed by atoms with Crippen molar-refractivity contribution >= 4 is 62.7 Å². The van der Waals surface area contributed by atoms with Crippen LogP contribution in [0.15, 0.2) is 36.1 Å². The zero-order valence-corrected chi connectivity index (χ0v) is 13.4. The van der Waals surface area contributed by atoms with Gasteiger partial charge in [0.1, 0.15) is 12.0 Å². The number of aromatic nitrogens is 3. The summed E-state index contributed by atoms with van der Waals surface area (Å²) in [5.74, 6) is 0.944. The molecule has 0 saturated carbocycles. The second-order valence-corrected chi connectivity index (χ2v) is 5.91. The van der Waals surface area contributed by atoms with E-state index >= 15 is 0 Å². The molecule has 22 heavy (non-hydrogen) atoms. The molecule has 0 unspecified atom stereocenters. The van der Waals surface area contributed by atoms with Crippen LogP contribution in [-0.2, 0) is 0 Å². The van der Waals surface area contributed by atoms with Crippen molar-refractivity contribution in [3.8, 4) is 0 Å². The topological polar surface area (TPSA) is 88.8 Å². The van der Waals surface area contributed by atoms with Gasteiger partial charge < -0.3 is 16.4 Å².